The summed E-state index contributed by atoms with van der Waals surface area (Å²) in [6.45, 7) is 9.94. The van der Waals surface area contributed by atoms with Gasteiger partial charge in [-0.1, -0.05) is 41.0 Å². The maximum absolute atomic E-state index is 12.2. The molecular formula is C24H32O4. The number of allylic oxidation sites excluding steroid dienone is 5. The van der Waals surface area contributed by atoms with Crippen LogP contribution in [0.3, 0.4) is 0 Å². The van der Waals surface area contributed by atoms with Crippen molar-refractivity contribution in [3.8, 4) is 5.75 Å². The molecule has 1 rings (SSSR count). The Morgan fingerprint density at radius 3 is 2.11 bits per heavy atom. The minimum absolute atomic E-state index is 0.197. The normalized spacial score (nSPS) is 11.8. The first-order chi connectivity index (χ1) is 13.3. The van der Waals surface area contributed by atoms with Gasteiger partial charge in [-0.2, -0.15) is 0 Å². The molecule has 0 atom stereocenters. The number of carbonyl (C=O) groups is 2. The summed E-state index contributed by atoms with van der Waals surface area (Å²) in [5, 5.41) is 0. The molecule has 0 heterocycles. The second kappa shape index (κ2) is 12.7. The molecule has 0 aliphatic rings. The lowest BCUT2D eigenvalue weighted by Crippen LogP contribution is -2.10. The van der Waals surface area contributed by atoms with Gasteiger partial charge in [0, 0.05) is 6.92 Å². The Morgan fingerprint density at radius 1 is 0.857 bits per heavy atom. The van der Waals surface area contributed by atoms with Gasteiger partial charge in [0.2, 0.25) is 0 Å². The second-order valence-corrected chi connectivity index (χ2v) is 7.15. The molecule has 0 saturated carbocycles. The summed E-state index contributed by atoms with van der Waals surface area (Å²) in [5.74, 6) is -0.759. The first kappa shape index (κ1) is 23.4. The lowest BCUT2D eigenvalue weighted by atomic mass is 10.1. The number of benzene rings is 1. The molecule has 1 aromatic carbocycles. The summed E-state index contributed by atoms with van der Waals surface area (Å²) in [6.07, 6.45) is 10.5. The van der Waals surface area contributed by atoms with E-state index in [-0.39, 0.29) is 17.9 Å². The standard InChI is InChI=1S/C24H32O4/c1-18(2)10-8-11-19(3)12-9-13-20(4)16-17-27-24(26)22-14-6-7-15-23(22)28-21(5)25/h6-7,10,12,14-16H,8-9,11,13,17H2,1-5H3. The Kier molecular flexibility index (Phi) is 10.6. The van der Waals surface area contributed by atoms with E-state index in [0.717, 1.165) is 25.7 Å². The van der Waals surface area contributed by atoms with Crippen LogP contribution in [0.4, 0.5) is 0 Å². The highest BCUT2D eigenvalue weighted by molar-refractivity contribution is 5.93. The van der Waals surface area contributed by atoms with Gasteiger partial charge in [-0.3, -0.25) is 4.79 Å². The van der Waals surface area contributed by atoms with E-state index in [9.17, 15) is 9.59 Å². The number of ether oxygens (including phenoxy) is 2. The van der Waals surface area contributed by atoms with Crippen LogP contribution in [0.5, 0.6) is 5.75 Å². The van der Waals surface area contributed by atoms with E-state index in [1.165, 1.54) is 23.6 Å². The summed E-state index contributed by atoms with van der Waals surface area (Å²) >= 11 is 0. The summed E-state index contributed by atoms with van der Waals surface area (Å²) < 4.78 is 10.3. The average molecular weight is 385 g/mol. The van der Waals surface area contributed by atoms with Crippen LogP contribution in [-0.4, -0.2) is 18.5 Å². The zero-order chi connectivity index (χ0) is 20.9. The quantitative estimate of drug-likeness (QED) is 0.274. The van der Waals surface area contributed by atoms with Crippen molar-refractivity contribution in [2.45, 2.75) is 60.3 Å². The molecule has 0 radical (unpaired) electrons. The Hall–Kier alpha value is -2.62. The van der Waals surface area contributed by atoms with E-state index >= 15 is 0 Å². The third-order valence-electron chi connectivity index (χ3n) is 4.13. The highest BCUT2D eigenvalue weighted by atomic mass is 16.5. The van der Waals surface area contributed by atoms with Gasteiger partial charge in [0.15, 0.2) is 0 Å². The molecule has 0 amide bonds. The first-order valence-electron chi connectivity index (χ1n) is 9.68. The minimum Gasteiger partial charge on any atom is -0.458 e. The lowest BCUT2D eigenvalue weighted by molar-refractivity contribution is -0.131. The molecule has 0 aliphatic carbocycles. The highest BCUT2D eigenvalue weighted by Crippen LogP contribution is 2.19. The molecule has 28 heavy (non-hydrogen) atoms. The fourth-order valence-electron chi connectivity index (χ4n) is 2.56. The van der Waals surface area contributed by atoms with Crippen LogP contribution in [-0.2, 0) is 9.53 Å². The molecule has 0 aromatic heterocycles. The summed E-state index contributed by atoms with van der Waals surface area (Å²) in [6, 6.07) is 6.57. The van der Waals surface area contributed by atoms with Gasteiger partial charge in [0.05, 0.1) is 0 Å². The van der Waals surface area contributed by atoms with Gasteiger partial charge < -0.3 is 9.47 Å². The summed E-state index contributed by atoms with van der Waals surface area (Å²) in [5.41, 5.74) is 4.18. The van der Waals surface area contributed by atoms with Gasteiger partial charge in [-0.25, -0.2) is 4.79 Å². The molecule has 0 spiro atoms. The van der Waals surface area contributed by atoms with Crippen LogP contribution in [0.15, 0.2) is 59.2 Å². The fourth-order valence-corrected chi connectivity index (χ4v) is 2.56. The van der Waals surface area contributed by atoms with Crippen LogP contribution in [0.25, 0.3) is 0 Å². The smallest absolute Gasteiger partial charge is 0.342 e. The molecule has 0 N–H and O–H groups in total. The van der Waals surface area contributed by atoms with E-state index in [1.54, 1.807) is 24.3 Å². The Balaban J connectivity index is 2.45. The number of esters is 2. The highest BCUT2D eigenvalue weighted by Gasteiger charge is 2.14. The molecular weight excluding hydrogens is 352 g/mol. The molecule has 0 aliphatic heterocycles. The van der Waals surface area contributed by atoms with Crippen LogP contribution >= 0.6 is 0 Å². The molecule has 0 unspecified atom stereocenters. The van der Waals surface area contributed by atoms with Gasteiger partial charge >= 0.3 is 11.9 Å². The topological polar surface area (TPSA) is 52.6 Å². The molecule has 1 aromatic rings. The first-order valence-corrected chi connectivity index (χ1v) is 9.68. The fraction of sp³-hybridized carbons (Fsp3) is 0.417. The maximum atomic E-state index is 12.2. The van der Waals surface area contributed by atoms with Crippen molar-refractivity contribution < 1.29 is 19.1 Å². The van der Waals surface area contributed by atoms with Crippen LogP contribution < -0.4 is 4.74 Å². The minimum atomic E-state index is -0.504. The van der Waals surface area contributed by atoms with Crippen molar-refractivity contribution in [1.29, 1.82) is 0 Å². The number of carbonyl (C=O) groups excluding carboxylic acids is 2. The van der Waals surface area contributed by atoms with E-state index in [4.69, 9.17) is 9.47 Å². The van der Waals surface area contributed by atoms with Crippen molar-refractivity contribution in [3.05, 3.63) is 64.8 Å². The Bertz CT molecular complexity index is 750. The molecule has 4 nitrogen and oxygen atoms in total. The lowest BCUT2D eigenvalue weighted by Gasteiger charge is -2.08. The third-order valence-corrected chi connectivity index (χ3v) is 4.13. The van der Waals surface area contributed by atoms with Crippen molar-refractivity contribution in [2.24, 2.45) is 0 Å². The SMILES string of the molecule is CC(=O)Oc1ccccc1C(=O)OCC=C(C)CCC=C(C)CCC=C(C)C. The number of para-hydroxylation sites is 1. The van der Waals surface area contributed by atoms with E-state index < -0.39 is 11.9 Å². The van der Waals surface area contributed by atoms with Gasteiger partial charge in [-0.15, -0.1) is 0 Å². The van der Waals surface area contributed by atoms with Crippen molar-refractivity contribution >= 4 is 11.9 Å². The van der Waals surface area contributed by atoms with E-state index in [0.29, 0.717) is 0 Å². The van der Waals surface area contributed by atoms with E-state index in [1.807, 2.05) is 13.0 Å². The van der Waals surface area contributed by atoms with Crippen molar-refractivity contribution in [1.82, 2.24) is 0 Å². The van der Waals surface area contributed by atoms with Crippen LogP contribution in [0.2, 0.25) is 0 Å². The predicted molar refractivity (Wildman–Crippen MR) is 113 cm³/mol. The second-order valence-electron chi connectivity index (χ2n) is 7.15. The third kappa shape index (κ3) is 9.91. The van der Waals surface area contributed by atoms with Crippen LogP contribution in [0.1, 0.15) is 70.7 Å². The Labute approximate surface area is 168 Å². The van der Waals surface area contributed by atoms with Gasteiger partial charge in [0.1, 0.15) is 17.9 Å². The largest absolute Gasteiger partial charge is 0.458 e. The molecule has 4 heteroatoms. The molecule has 152 valence electrons. The zero-order valence-electron chi connectivity index (χ0n) is 17.7. The van der Waals surface area contributed by atoms with Gasteiger partial charge in [-0.05, 0) is 71.6 Å². The van der Waals surface area contributed by atoms with Crippen molar-refractivity contribution in [3.63, 3.8) is 0 Å². The molecule has 0 fully saturated rings. The Morgan fingerprint density at radius 2 is 1.46 bits per heavy atom. The molecule has 0 bridgehead atoms. The van der Waals surface area contributed by atoms with Crippen LogP contribution in [0, 0.1) is 0 Å². The molecule has 0 saturated heterocycles. The predicted octanol–water partition coefficient (Wildman–Crippen LogP) is 6.19. The summed E-state index contributed by atoms with van der Waals surface area (Å²) in [4.78, 5) is 23.4. The summed E-state index contributed by atoms with van der Waals surface area (Å²) in [7, 11) is 0. The monoisotopic (exact) mass is 384 g/mol. The number of hydrogen-bond donors (Lipinski definition) is 0. The maximum Gasteiger partial charge on any atom is 0.342 e. The van der Waals surface area contributed by atoms with E-state index in [2.05, 4.69) is 32.9 Å². The number of hydrogen-bond acceptors (Lipinski definition) is 4. The average Bonchev–Trinajstić information content (AvgIpc) is 2.61. The van der Waals surface area contributed by atoms with Gasteiger partial charge in [0.25, 0.3) is 0 Å². The van der Waals surface area contributed by atoms with Crippen molar-refractivity contribution in [2.75, 3.05) is 6.61 Å². The number of rotatable bonds is 10. The zero-order valence-corrected chi connectivity index (χ0v) is 17.7.